The first kappa shape index (κ1) is 32.1. The van der Waals surface area contributed by atoms with Gasteiger partial charge in [0.2, 0.25) is 5.91 Å². The number of carboxylic acids is 1. The van der Waals surface area contributed by atoms with Gasteiger partial charge in [0.05, 0.1) is 0 Å². The van der Waals surface area contributed by atoms with Gasteiger partial charge in [-0.15, -0.1) is 0 Å². The zero-order valence-corrected chi connectivity index (χ0v) is 22.0. The zero-order chi connectivity index (χ0) is 25.0. The van der Waals surface area contributed by atoms with Crippen molar-refractivity contribution in [1.29, 1.82) is 0 Å². The molecule has 0 aromatic carbocycles. The van der Waals surface area contributed by atoms with Crippen LogP contribution < -0.4 is 5.32 Å². The van der Waals surface area contributed by atoms with Gasteiger partial charge in [-0.3, -0.25) is 9.59 Å². The summed E-state index contributed by atoms with van der Waals surface area (Å²) in [5.74, 6) is 11.5. The predicted octanol–water partition coefficient (Wildman–Crippen LogP) is 7.80. The Kier molecular flexibility index (Phi) is 25.7. The van der Waals surface area contributed by atoms with Crippen molar-refractivity contribution in [3.8, 4) is 23.7 Å². The largest absolute Gasteiger partial charge is 0.481 e. The smallest absolute Gasteiger partial charge is 0.303 e. The normalized spacial score (nSPS) is 10.1. The van der Waals surface area contributed by atoms with Crippen LogP contribution in [0.1, 0.15) is 148 Å². The summed E-state index contributed by atoms with van der Waals surface area (Å²) in [7, 11) is 0. The van der Waals surface area contributed by atoms with E-state index in [9.17, 15) is 9.59 Å². The topological polar surface area (TPSA) is 66.4 Å². The minimum absolute atomic E-state index is 0.0362. The molecule has 0 aliphatic carbocycles. The van der Waals surface area contributed by atoms with Crippen LogP contribution in [0.3, 0.4) is 0 Å². The highest BCUT2D eigenvalue weighted by molar-refractivity contribution is 5.76. The molecule has 0 saturated carbocycles. The first-order valence-electron chi connectivity index (χ1n) is 14.1. The second kappa shape index (κ2) is 27.3. The first-order chi connectivity index (χ1) is 16.7. The lowest BCUT2D eigenvalue weighted by Gasteiger charge is -2.04. The fraction of sp³-hybridized carbons (Fsp3) is 0.800. The lowest BCUT2D eigenvalue weighted by Crippen LogP contribution is -2.24. The Hall–Kier alpha value is -1.94. The van der Waals surface area contributed by atoms with Gasteiger partial charge >= 0.3 is 5.97 Å². The van der Waals surface area contributed by atoms with Crippen LogP contribution in [-0.4, -0.2) is 23.5 Å². The summed E-state index contributed by atoms with van der Waals surface area (Å²) in [6, 6.07) is 0. The SMILES string of the molecule is CCCCCCCCCCCCC#CC#CCCCCCCCCCNC(=O)CCCC(=O)O. The van der Waals surface area contributed by atoms with Crippen LogP contribution in [0.25, 0.3) is 0 Å². The summed E-state index contributed by atoms with van der Waals surface area (Å²) in [6.07, 6.45) is 24.5. The van der Waals surface area contributed by atoms with Gasteiger partial charge in [-0.25, -0.2) is 0 Å². The summed E-state index contributed by atoms with van der Waals surface area (Å²) in [4.78, 5) is 21.9. The molecule has 34 heavy (non-hydrogen) atoms. The molecule has 1 amide bonds. The van der Waals surface area contributed by atoms with Crippen molar-refractivity contribution in [2.24, 2.45) is 0 Å². The van der Waals surface area contributed by atoms with Gasteiger partial charge in [0.25, 0.3) is 0 Å². The maximum absolute atomic E-state index is 11.5. The molecule has 0 unspecified atom stereocenters. The highest BCUT2D eigenvalue weighted by Gasteiger charge is 2.03. The Bertz CT molecular complexity index is 606. The van der Waals surface area contributed by atoms with Gasteiger partial charge < -0.3 is 10.4 Å². The van der Waals surface area contributed by atoms with Crippen LogP contribution in [0.2, 0.25) is 0 Å². The molecule has 0 spiro atoms. The fourth-order valence-electron chi connectivity index (χ4n) is 3.85. The Morgan fingerprint density at radius 3 is 1.50 bits per heavy atom. The fourth-order valence-corrected chi connectivity index (χ4v) is 3.85. The van der Waals surface area contributed by atoms with Crippen molar-refractivity contribution in [2.75, 3.05) is 6.54 Å². The first-order valence-corrected chi connectivity index (χ1v) is 14.1. The molecule has 0 bridgehead atoms. The number of hydrogen-bond acceptors (Lipinski definition) is 2. The van der Waals surface area contributed by atoms with Crippen molar-refractivity contribution in [3.05, 3.63) is 0 Å². The summed E-state index contributed by atoms with van der Waals surface area (Å²) in [6.45, 7) is 2.97. The molecule has 0 fully saturated rings. The molecule has 4 nitrogen and oxygen atoms in total. The van der Waals surface area contributed by atoms with Crippen LogP contribution in [0.5, 0.6) is 0 Å². The van der Waals surface area contributed by atoms with Gasteiger partial charge in [-0.05, 0) is 37.5 Å². The minimum atomic E-state index is -0.844. The molecule has 0 atom stereocenters. The monoisotopic (exact) mass is 473 g/mol. The molecule has 2 N–H and O–H groups in total. The molecule has 4 heteroatoms. The van der Waals surface area contributed by atoms with Gasteiger partial charge in [0.15, 0.2) is 0 Å². The molecule has 0 aliphatic rings. The van der Waals surface area contributed by atoms with E-state index in [-0.39, 0.29) is 12.3 Å². The molecule has 194 valence electrons. The summed E-state index contributed by atoms with van der Waals surface area (Å²) >= 11 is 0. The quantitative estimate of drug-likeness (QED) is 0.117. The molecular formula is C30H51NO3. The van der Waals surface area contributed by atoms with Crippen LogP contribution in [0.4, 0.5) is 0 Å². The number of carbonyl (C=O) groups is 2. The average molecular weight is 474 g/mol. The number of carbonyl (C=O) groups excluding carboxylic acids is 1. The van der Waals surface area contributed by atoms with Crippen LogP contribution in [0, 0.1) is 23.7 Å². The van der Waals surface area contributed by atoms with Crippen molar-refractivity contribution in [3.63, 3.8) is 0 Å². The van der Waals surface area contributed by atoms with E-state index in [1.165, 1.54) is 89.9 Å². The third kappa shape index (κ3) is 28.1. The summed E-state index contributed by atoms with van der Waals surface area (Å²) < 4.78 is 0. The number of carboxylic acid groups (broad SMARTS) is 1. The third-order valence-electron chi connectivity index (χ3n) is 5.99. The molecule has 0 rings (SSSR count). The minimum Gasteiger partial charge on any atom is -0.481 e. The molecule has 0 saturated heterocycles. The van der Waals surface area contributed by atoms with E-state index in [0.29, 0.717) is 19.4 Å². The number of aliphatic carboxylic acids is 1. The highest BCUT2D eigenvalue weighted by Crippen LogP contribution is 2.11. The number of amides is 1. The van der Waals surface area contributed by atoms with Gasteiger partial charge in [-0.2, -0.15) is 0 Å². The summed E-state index contributed by atoms with van der Waals surface area (Å²) in [5.41, 5.74) is 0. The standard InChI is InChI=1S/C30H51NO3/c1-2-3-4-5-6-7-8-9-10-11-12-13-14-15-16-17-18-19-20-21-22-23-24-28-31-29(32)26-25-27-30(33)34/h2-12,17-28H2,1H3,(H,31,32)(H,33,34). The van der Waals surface area contributed by atoms with Gasteiger partial charge in [0.1, 0.15) is 0 Å². The number of nitrogens with one attached hydrogen (secondary N) is 1. The van der Waals surface area contributed by atoms with E-state index >= 15 is 0 Å². The van der Waals surface area contributed by atoms with Crippen molar-refractivity contribution < 1.29 is 14.7 Å². The molecule has 0 aromatic rings. The van der Waals surface area contributed by atoms with Crippen molar-refractivity contribution in [2.45, 2.75) is 148 Å². The van der Waals surface area contributed by atoms with Crippen LogP contribution >= 0.6 is 0 Å². The van der Waals surface area contributed by atoms with Crippen LogP contribution in [-0.2, 0) is 9.59 Å². The molecule has 0 aliphatic heterocycles. The Balaban J connectivity index is 3.30. The number of hydrogen-bond donors (Lipinski definition) is 2. The number of unbranched alkanes of at least 4 members (excludes halogenated alkanes) is 17. The third-order valence-corrected chi connectivity index (χ3v) is 5.99. The zero-order valence-electron chi connectivity index (χ0n) is 22.0. The maximum atomic E-state index is 11.5. The lowest BCUT2D eigenvalue weighted by molar-refractivity contribution is -0.137. The van der Waals surface area contributed by atoms with E-state index in [0.717, 1.165) is 32.1 Å². The second-order valence-electron chi connectivity index (χ2n) is 9.36. The molecule has 0 radical (unpaired) electrons. The average Bonchev–Trinajstić information content (AvgIpc) is 2.81. The maximum Gasteiger partial charge on any atom is 0.303 e. The Morgan fingerprint density at radius 1 is 0.588 bits per heavy atom. The van der Waals surface area contributed by atoms with Crippen LogP contribution in [0.15, 0.2) is 0 Å². The molecule has 0 aromatic heterocycles. The van der Waals surface area contributed by atoms with E-state index in [4.69, 9.17) is 5.11 Å². The van der Waals surface area contributed by atoms with E-state index in [2.05, 4.69) is 35.9 Å². The molecular weight excluding hydrogens is 422 g/mol. The Labute approximate surface area is 210 Å². The predicted molar refractivity (Wildman–Crippen MR) is 143 cm³/mol. The number of rotatable bonds is 23. The van der Waals surface area contributed by atoms with E-state index < -0.39 is 5.97 Å². The van der Waals surface area contributed by atoms with Crippen molar-refractivity contribution >= 4 is 11.9 Å². The van der Waals surface area contributed by atoms with E-state index in [1.54, 1.807) is 0 Å². The van der Waals surface area contributed by atoms with Gasteiger partial charge in [-0.1, -0.05) is 109 Å². The Morgan fingerprint density at radius 2 is 1.03 bits per heavy atom. The van der Waals surface area contributed by atoms with Crippen molar-refractivity contribution in [1.82, 2.24) is 5.32 Å². The van der Waals surface area contributed by atoms with E-state index in [1.807, 2.05) is 0 Å². The van der Waals surface area contributed by atoms with Gasteiger partial charge in [0, 0.05) is 32.2 Å². The highest BCUT2D eigenvalue weighted by atomic mass is 16.4. The lowest BCUT2D eigenvalue weighted by atomic mass is 10.1. The second-order valence-corrected chi connectivity index (χ2v) is 9.36. The summed E-state index contributed by atoms with van der Waals surface area (Å²) in [5, 5.41) is 11.4. The molecule has 0 heterocycles.